The molecule has 0 spiro atoms. The Bertz CT molecular complexity index is 1020. The fourth-order valence-electron chi connectivity index (χ4n) is 4.15. The third kappa shape index (κ3) is 5.31. The Balaban J connectivity index is 1.35. The number of nitrogens with zero attached hydrogens (tertiary/aromatic N) is 4. The van der Waals surface area contributed by atoms with Crippen LogP contribution in [-0.2, 0) is 0 Å². The van der Waals surface area contributed by atoms with Gasteiger partial charge in [0.05, 0.1) is 17.2 Å². The number of piperazine rings is 1. The summed E-state index contributed by atoms with van der Waals surface area (Å²) in [7, 11) is 1.72. The number of hydrogen-bond donors (Lipinski definition) is 0. The second kappa shape index (κ2) is 10.8. The molecule has 5 nitrogen and oxygen atoms in total. The Morgan fingerprint density at radius 1 is 1.09 bits per heavy atom. The van der Waals surface area contributed by atoms with Crippen LogP contribution in [0.2, 0.25) is 10.0 Å². The Hall–Kier alpha value is -1.99. The molecule has 1 fully saturated rings. The molecule has 1 aliphatic rings. The number of aromatic nitrogens is 1. The van der Waals surface area contributed by atoms with Crippen LogP contribution in [-0.4, -0.2) is 56.3 Å². The first kappa shape index (κ1) is 23.2. The second-order valence-corrected chi connectivity index (χ2v) is 9.54. The first-order valence-corrected chi connectivity index (χ1v) is 12.4. The summed E-state index contributed by atoms with van der Waals surface area (Å²) < 4.78 is 5.54. The monoisotopic (exact) mass is 490 g/mol. The van der Waals surface area contributed by atoms with Crippen molar-refractivity contribution in [2.75, 3.05) is 56.2 Å². The van der Waals surface area contributed by atoms with Gasteiger partial charge in [0.1, 0.15) is 5.75 Å². The third-order valence-corrected chi connectivity index (χ3v) is 7.45. The van der Waals surface area contributed by atoms with Crippen molar-refractivity contribution in [3.05, 3.63) is 63.6 Å². The maximum absolute atomic E-state index is 6.20. The molecule has 0 atom stereocenters. The van der Waals surface area contributed by atoms with Crippen LogP contribution in [0.25, 0.3) is 0 Å². The summed E-state index contributed by atoms with van der Waals surface area (Å²) in [6.07, 6.45) is 2.92. The molecule has 8 heteroatoms. The normalized spacial score (nSPS) is 14.6. The van der Waals surface area contributed by atoms with Crippen molar-refractivity contribution in [2.45, 2.75) is 13.3 Å². The van der Waals surface area contributed by atoms with Crippen molar-refractivity contribution in [1.29, 1.82) is 0 Å². The van der Waals surface area contributed by atoms with Crippen molar-refractivity contribution in [1.82, 2.24) is 9.88 Å². The Morgan fingerprint density at radius 2 is 1.91 bits per heavy atom. The average molecular weight is 491 g/mol. The quantitative estimate of drug-likeness (QED) is 0.379. The fourth-order valence-corrected chi connectivity index (χ4v) is 5.12. The molecule has 1 aromatic heterocycles. The van der Waals surface area contributed by atoms with Crippen LogP contribution in [0.4, 0.5) is 16.5 Å². The molecular formula is C24H28Cl2N4OS. The molecule has 0 bridgehead atoms. The maximum Gasteiger partial charge on any atom is 0.189 e. The summed E-state index contributed by atoms with van der Waals surface area (Å²) in [4.78, 5) is 11.8. The Kier molecular flexibility index (Phi) is 7.79. The zero-order valence-corrected chi connectivity index (χ0v) is 20.8. The van der Waals surface area contributed by atoms with Crippen LogP contribution in [0, 0.1) is 6.92 Å². The maximum atomic E-state index is 6.20. The van der Waals surface area contributed by atoms with Crippen molar-refractivity contribution >= 4 is 51.0 Å². The van der Waals surface area contributed by atoms with E-state index in [1.54, 1.807) is 18.4 Å². The summed E-state index contributed by atoms with van der Waals surface area (Å²) in [6, 6.07) is 12.1. The molecule has 2 aromatic carbocycles. The van der Waals surface area contributed by atoms with Crippen LogP contribution < -0.4 is 14.5 Å². The molecule has 0 saturated carbocycles. The van der Waals surface area contributed by atoms with Gasteiger partial charge in [0, 0.05) is 61.2 Å². The van der Waals surface area contributed by atoms with E-state index in [1.807, 2.05) is 41.9 Å². The zero-order chi connectivity index (χ0) is 22.5. The first-order chi connectivity index (χ1) is 15.6. The van der Waals surface area contributed by atoms with Crippen molar-refractivity contribution in [3.8, 4) is 5.75 Å². The molecule has 1 saturated heterocycles. The van der Waals surface area contributed by atoms with Gasteiger partial charge in [-0.3, -0.25) is 4.90 Å². The molecule has 32 heavy (non-hydrogen) atoms. The van der Waals surface area contributed by atoms with E-state index in [2.05, 4.69) is 32.7 Å². The van der Waals surface area contributed by atoms with Gasteiger partial charge in [-0.15, -0.1) is 11.3 Å². The summed E-state index contributed by atoms with van der Waals surface area (Å²) in [5.74, 6) is 0.905. The zero-order valence-electron chi connectivity index (χ0n) is 18.4. The highest BCUT2D eigenvalue weighted by molar-refractivity contribution is 7.13. The molecule has 1 aliphatic heterocycles. The summed E-state index contributed by atoms with van der Waals surface area (Å²) in [5.41, 5.74) is 3.44. The lowest BCUT2D eigenvalue weighted by Crippen LogP contribution is -2.47. The number of methoxy groups -OCH3 is 1. The van der Waals surface area contributed by atoms with Gasteiger partial charge >= 0.3 is 0 Å². The van der Waals surface area contributed by atoms with Gasteiger partial charge in [0.2, 0.25) is 0 Å². The van der Waals surface area contributed by atoms with E-state index in [-0.39, 0.29) is 0 Å². The molecule has 2 heterocycles. The highest BCUT2D eigenvalue weighted by atomic mass is 35.5. The van der Waals surface area contributed by atoms with Gasteiger partial charge < -0.3 is 14.5 Å². The number of hydrogen-bond acceptors (Lipinski definition) is 6. The van der Waals surface area contributed by atoms with Crippen LogP contribution in [0.1, 0.15) is 12.0 Å². The minimum atomic E-state index is 0.602. The minimum absolute atomic E-state index is 0.602. The van der Waals surface area contributed by atoms with E-state index in [0.29, 0.717) is 10.0 Å². The first-order valence-electron chi connectivity index (χ1n) is 10.8. The molecule has 0 radical (unpaired) electrons. The summed E-state index contributed by atoms with van der Waals surface area (Å²) >= 11 is 13.9. The van der Waals surface area contributed by atoms with Gasteiger partial charge in [-0.1, -0.05) is 29.3 Å². The van der Waals surface area contributed by atoms with E-state index in [9.17, 15) is 0 Å². The highest BCUT2D eigenvalue weighted by Gasteiger charge is 2.20. The molecular weight excluding hydrogens is 463 g/mol. The molecule has 170 valence electrons. The van der Waals surface area contributed by atoms with Crippen molar-refractivity contribution < 1.29 is 4.74 Å². The number of anilines is 3. The summed E-state index contributed by atoms with van der Waals surface area (Å²) in [5, 5.41) is 4.26. The minimum Gasteiger partial charge on any atom is -0.496 e. The molecule has 4 rings (SSSR count). The molecule has 3 aromatic rings. The Labute approximate surface area is 204 Å². The smallest absolute Gasteiger partial charge is 0.189 e. The predicted octanol–water partition coefficient (Wildman–Crippen LogP) is 6.12. The number of thiazole rings is 1. The van der Waals surface area contributed by atoms with E-state index < -0.39 is 0 Å². The molecule has 0 unspecified atom stereocenters. The van der Waals surface area contributed by atoms with Gasteiger partial charge in [-0.25, -0.2) is 4.98 Å². The second-order valence-electron chi connectivity index (χ2n) is 7.85. The molecule has 0 N–H and O–H groups in total. The topological polar surface area (TPSA) is 31.8 Å². The molecule has 0 aliphatic carbocycles. The van der Waals surface area contributed by atoms with E-state index in [0.717, 1.165) is 73.5 Å². The highest BCUT2D eigenvalue weighted by Crippen LogP contribution is 2.34. The SMILES string of the molecule is COc1cccc(N(CCCN2CCN(c3ccc(Cl)c(Cl)c3)CC2)c2nccs2)c1C. The lowest BCUT2D eigenvalue weighted by atomic mass is 10.1. The van der Waals surface area contributed by atoms with Gasteiger partial charge in [0.25, 0.3) is 0 Å². The number of rotatable bonds is 8. The fraction of sp³-hybridized carbons (Fsp3) is 0.375. The average Bonchev–Trinajstić information content (AvgIpc) is 3.34. The predicted molar refractivity (Wildman–Crippen MR) is 137 cm³/mol. The van der Waals surface area contributed by atoms with Gasteiger partial charge in [0.15, 0.2) is 5.13 Å². The van der Waals surface area contributed by atoms with Gasteiger partial charge in [-0.2, -0.15) is 0 Å². The Morgan fingerprint density at radius 3 is 2.59 bits per heavy atom. The lowest BCUT2D eigenvalue weighted by molar-refractivity contribution is 0.256. The van der Waals surface area contributed by atoms with E-state index in [4.69, 9.17) is 27.9 Å². The molecule has 0 amide bonds. The standard InChI is InChI=1S/C24H28Cl2N4OS/c1-18-22(5-3-6-23(18)31-2)30(24-27-9-16-32-24)11-4-10-28-12-14-29(15-13-28)19-7-8-20(25)21(26)17-19/h3,5-9,16-17H,4,10-15H2,1-2H3. The largest absolute Gasteiger partial charge is 0.496 e. The lowest BCUT2D eigenvalue weighted by Gasteiger charge is -2.36. The van der Waals surface area contributed by atoms with Crippen molar-refractivity contribution in [3.63, 3.8) is 0 Å². The van der Waals surface area contributed by atoms with Crippen LogP contribution >= 0.6 is 34.5 Å². The van der Waals surface area contributed by atoms with Gasteiger partial charge in [-0.05, 0) is 50.2 Å². The number of ether oxygens (including phenoxy) is 1. The van der Waals surface area contributed by atoms with Crippen LogP contribution in [0.3, 0.4) is 0 Å². The van der Waals surface area contributed by atoms with E-state index >= 15 is 0 Å². The summed E-state index contributed by atoms with van der Waals surface area (Å²) in [6.45, 7) is 8.13. The number of benzene rings is 2. The van der Waals surface area contributed by atoms with Crippen LogP contribution in [0.15, 0.2) is 48.0 Å². The van der Waals surface area contributed by atoms with E-state index in [1.165, 1.54) is 0 Å². The van der Waals surface area contributed by atoms with Crippen LogP contribution in [0.5, 0.6) is 5.75 Å². The number of halogens is 2. The van der Waals surface area contributed by atoms with Crippen molar-refractivity contribution in [2.24, 2.45) is 0 Å². The third-order valence-electron chi connectivity index (χ3n) is 5.91.